The first kappa shape index (κ1) is 14.3. The standard InChI is InChI=1S/C14H17FN2O3/c1-10(16-19)12-5-4-11(15)8-13(12)20-9-14(18)17-6-2-3-7-17/h4-5,8,19H,2-3,6-7,9H2,1H3. The van der Waals surface area contributed by atoms with E-state index in [2.05, 4.69) is 5.16 Å². The Kier molecular flexibility index (Phi) is 4.55. The number of benzene rings is 1. The molecule has 0 atom stereocenters. The average molecular weight is 280 g/mol. The van der Waals surface area contributed by atoms with Crippen LogP contribution in [-0.2, 0) is 4.79 Å². The molecular weight excluding hydrogens is 263 g/mol. The molecule has 1 heterocycles. The van der Waals surface area contributed by atoms with Crippen LogP contribution in [0.3, 0.4) is 0 Å². The molecule has 0 saturated carbocycles. The summed E-state index contributed by atoms with van der Waals surface area (Å²) in [5.41, 5.74) is 0.761. The first-order valence-electron chi connectivity index (χ1n) is 6.51. The number of halogens is 1. The van der Waals surface area contributed by atoms with Crippen molar-refractivity contribution in [3.05, 3.63) is 29.6 Å². The molecule has 1 aliphatic rings. The van der Waals surface area contributed by atoms with Crippen LogP contribution in [0.4, 0.5) is 4.39 Å². The normalized spacial score (nSPS) is 15.5. The zero-order valence-electron chi connectivity index (χ0n) is 11.3. The van der Waals surface area contributed by atoms with Crippen molar-refractivity contribution in [1.29, 1.82) is 0 Å². The number of hydrogen-bond acceptors (Lipinski definition) is 4. The quantitative estimate of drug-likeness (QED) is 0.521. The lowest BCUT2D eigenvalue weighted by Gasteiger charge is -2.16. The largest absolute Gasteiger partial charge is 0.483 e. The molecule has 2 rings (SSSR count). The van der Waals surface area contributed by atoms with E-state index in [9.17, 15) is 9.18 Å². The van der Waals surface area contributed by atoms with Crippen LogP contribution < -0.4 is 4.74 Å². The molecule has 1 saturated heterocycles. The molecule has 1 amide bonds. The smallest absolute Gasteiger partial charge is 0.260 e. The third kappa shape index (κ3) is 3.26. The number of ether oxygens (including phenoxy) is 1. The molecule has 5 nitrogen and oxygen atoms in total. The molecule has 6 heteroatoms. The fourth-order valence-corrected chi connectivity index (χ4v) is 2.17. The van der Waals surface area contributed by atoms with Crippen LogP contribution >= 0.6 is 0 Å². The molecule has 0 spiro atoms. The van der Waals surface area contributed by atoms with E-state index in [4.69, 9.17) is 9.94 Å². The molecule has 0 aromatic heterocycles. The molecule has 1 fully saturated rings. The molecule has 1 N–H and O–H groups in total. The van der Waals surface area contributed by atoms with Crippen molar-refractivity contribution in [2.45, 2.75) is 19.8 Å². The Bertz CT molecular complexity index is 525. The van der Waals surface area contributed by atoms with E-state index >= 15 is 0 Å². The van der Waals surface area contributed by atoms with Crippen LogP contribution in [-0.4, -0.2) is 41.4 Å². The van der Waals surface area contributed by atoms with Crippen molar-refractivity contribution in [2.24, 2.45) is 5.16 Å². The number of likely N-dealkylation sites (tertiary alicyclic amines) is 1. The van der Waals surface area contributed by atoms with Crippen LogP contribution in [0.5, 0.6) is 5.75 Å². The lowest BCUT2D eigenvalue weighted by atomic mass is 10.1. The van der Waals surface area contributed by atoms with Gasteiger partial charge in [0.1, 0.15) is 11.6 Å². The van der Waals surface area contributed by atoms with Gasteiger partial charge in [0.05, 0.1) is 5.71 Å². The summed E-state index contributed by atoms with van der Waals surface area (Å²) >= 11 is 0. The molecular formula is C14H17FN2O3. The Morgan fingerprint density at radius 2 is 2.15 bits per heavy atom. The summed E-state index contributed by atoms with van der Waals surface area (Å²) in [6.07, 6.45) is 2.01. The van der Waals surface area contributed by atoms with Crippen LogP contribution in [0.15, 0.2) is 23.4 Å². The summed E-state index contributed by atoms with van der Waals surface area (Å²) < 4.78 is 18.7. The molecule has 0 bridgehead atoms. The summed E-state index contributed by atoms with van der Waals surface area (Å²) in [6, 6.07) is 3.89. The number of hydrogen-bond donors (Lipinski definition) is 1. The van der Waals surface area contributed by atoms with Gasteiger partial charge >= 0.3 is 0 Å². The summed E-state index contributed by atoms with van der Waals surface area (Å²) in [4.78, 5) is 13.6. The highest BCUT2D eigenvalue weighted by atomic mass is 19.1. The van der Waals surface area contributed by atoms with Crippen molar-refractivity contribution in [3.63, 3.8) is 0 Å². The van der Waals surface area contributed by atoms with Crippen molar-refractivity contribution in [3.8, 4) is 5.75 Å². The SMILES string of the molecule is CC(=NO)c1ccc(F)cc1OCC(=O)N1CCCC1. The lowest BCUT2D eigenvalue weighted by molar-refractivity contribution is -0.132. The van der Waals surface area contributed by atoms with Crippen molar-refractivity contribution < 1.29 is 19.1 Å². The van der Waals surface area contributed by atoms with Gasteiger partial charge in [0.2, 0.25) is 0 Å². The first-order chi connectivity index (χ1) is 9.61. The maximum atomic E-state index is 13.3. The van der Waals surface area contributed by atoms with E-state index in [1.54, 1.807) is 11.8 Å². The fourth-order valence-electron chi connectivity index (χ4n) is 2.17. The van der Waals surface area contributed by atoms with Crippen LogP contribution in [0.25, 0.3) is 0 Å². The van der Waals surface area contributed by atoms with E-state index in [1.807, 2.05) is 0 Å². The van der Waals surface area contributed by atoms with E-state index in [0.29, 0.717) is 11.3 Å². The minimum Gasteiger partial charge on any atom is -0.483 e. The van der Waals surface area contributed by atoms with Crippen molar-refractivity contribution >= 4 is 11.6 Å². The maximum absolute atomic E-state index is 13.3. The van der Waals surface area contributed by atoms with Gasteiger partial charge in [-0.2, -0.15) is 0 Å². The fraction of sp³-hybridized carbons (Fsp3) is 0.429. The number of nitrogens with zero attached hydrogens (tertiary/aromatic N) is 2. The monoisotopic (exact) mass is 280 g/mol. The second kappa shape index (κ2) is 6.36. The lowest BCUT2D eigenvalue weighted by Crippen LogP contribution is -2.32. The molecule has 108 valence electrons. The zero-order valence-corrected chi connectivity index (χ0v) is 11.3. The Labute approximate surface area is 116 Å². The van der Waals surface area contributed by atoms with E-state index < -0.39 is 5.82 Å². The molecule has 0 aliphatic carbocycles. The van der Waals surface area contributed by atoms with Crippen molar-refractivity contribution in [1.82, 2.24) is 4.90 Å². The van der Waals surface area contributed by atoms with Gasteiger partial charge in [-0.15, -0.1) is 0 Å². The van der Waals surface area contributed by atoms with Gasteiger partial charge in [-0.25, -0.2) is 4.39 Å². The van der Waals surface area contributed by atoms with Gasteiger partial charge in [-0.1, -0.05) is 5.16 Å². The second-order valence-corrected chi connectivity index (χ2v) is 4.70. The first-order valence-corrected chi connectivity index (χ1v) is 6.51. The Morgan fingerprint density at radius 3 is 2.80 bits per heavy atom. The second-order valence-electron chi connectivity index (χ2n) is 4.70. The third-order valence-electron chi connectivity index (χ3n) is 3.29. The van der Waals surface area contributed by atoms with Gasteiger partial charge in [0, 0.05) is 24.7 Å². The number of amides is 1. The number of carbonyl (C=O) groups excluding carboxylic acids is 1. The van der Waals surface area contributed by atoms with E-state index in [-0.39, 0.29) is 18.3 Å². The predicted molar refractivity (Wildman–Crippen MR) is 71.7 cm³/mol. The highest BCUT2D eigenvalue weighted by Gasteiger charge is 2.19. The van der Waals surface area contributed by atoms with Crippen LogP contribution in [0.1, 0.15) is 25.3 Å². The van der Waals surface area contributed by atoms with Gasteiger partial charge < -0.3 is 14.8 Å². The van der Waals surface area contributed by atoms with E-state index in [1.165, 1.54) is 18.2 Å². The Balaban J connectivity index is 2.08. The van der Waals surface area contributed by atoms with E-state index in [0.717, 1.165) is 25.9 Å². The summed E-state index contributed by atoms with van der Waals surface area (Å²) in [6.45, 7) is 2.92. The van der Waals surface area contributed by atoms with Gasteiger partial charge in [-0.05, 0) is 31.9 Å². The molecule has 1 aromatic rings. The number of carbonyl (C=O) groups is 1. The van der Waals surface area contributed by atoms with Crippen LogP contribution in [0.2, 0.25) is 0 Å². The minimum absolute atomic E-state index is 0.115. The molecule has 1 aromatic carbocycles. The highest BCUT2D eigenvalue weighted by molar-refractivity contribution is 6.00. The Morgan fingerprint density at radius 1 is 1.45 bits per heavy atom. The summed E-state index contributed by atoms with van der Waals surface area (Å²) in [5.74, 6) is -0.382. The van der Waals surface area contributed by atoms with Gasteiger partial charge in [-0.3, -0.25) is 4.79 Å². The average Bonchev–Trinajstić information content (AvgIpc) is 2.98. The van der Waals surface area contributed by atoms with Gasteiger partial charge in [0.15, 0.2) is 6.61 Å². The zero-order chi connectivity index (χ0) is 14.5. The van der Waals surface area contributed by atoms with Crippen LogP contribution in [0, 0.1) is 5.82 Å². The number of oxime groups is 1. The minimum atomic E-state index is -0.469. The summed E-state index contributed by atoms with van der Waals surface area (Å²) in [5, 5.41) is 11.9. The molecule has 0 radical (unpaired) electrons. The molecule has 1 aliphatic heterocycles. The molecule has 20 heavy (non-hydrogen) atoms. The predicted octanol–water partition coefficient (Wildman–Crippen LogP) is 2.03. The topological polar surface area (TPSA) is 62.1 Å². The van der Waals surface area contributed by atoms with Gasteiger partial charge in [0.25, 0.3) is 5.91 Å². The highest BCUT2D eigenvalue weighted by Crippen LogP contribution is 2.21. The van der Waals surface area contributed by atoms with Crippen molar-refractivity contribution in [2.75, 3.05) is 19.7 Å². The Hall–Kier alpha value is -2.11. The maximum Gasteiger partial charge on any atom is 0.260 e. The number of rotatable bonds is 4. The molecule has 0 unspecified atom stereocenters. The third-order valence-corrected chi connectivity index (χ3v) is 3.29. The summed E-state index contributed by atoms with van der Waals surface area (Å²) in [7, 11) is 0.